The number of ether oxygens (including phenoxy) is 3. The summed E-state index contributed by atoms with van der Waals surface area (Å²) < 4.78 is 21.3. The van der Waals surface area contributed by atoms with Crippen LogP contribution >= 0.6 is 0 Å². The van der Waals surface area contributed by atoms with Crippen LogP contribution in [0.5, 0.6) is 17.2 Å². The Morgan fingerprint density at radius 1 is 1.11 bits per heavy atom. The van der Waals surface area contributed by atoms with E-state index in [1.54, 1.807) is 12.0 Å². The summed E-state index contributed by atoms with van der Waals surface area (Å²) in [4.78, 5) is 18.7. The number of aromatic nitrogens is 2. The Labute approximate surface area is 160 Å². The van der Waals surface area contributed by atoms with E-state index in [-0.39, 0.29) is 18.6 Å². The largest absolute Gasteiger partial charge is 0.497 e. The molecule has 0 saturated carbocycles. The fraction of sp³-hybridized carbons (Fsp3) is 0.250. The fourth-order valence-corrected chi connectivity index (χ4v) is 3.44. The minimum absolute atomic E-state index is 0.0320. The van der Waals surface area contributed by atoms with Gasteiger partial charge in [0, 0.05) is 30.1 Å². The molecule has 1 saturated heterocycles. The number of nitrogens with zero attached hydrogens (tertiary/aromatic N) is 3. The number of fused-ring (bicyclic) bond motifs is 1. The van der Waals surface area contributed by atoms with Crippen molar-refractivity contribution in [2.75, 3.05) is 25.3 Å². The average Bonchev–Trinajstić information content (AvgIpc) is 3.46. The van der Waals surface area contributed by atoms with Crippen LogP contribution in [0, 0.1) is 0 Å². The summed E-state index contributed by atoms with van der Waals surface area (Å²) in [5.41, 5.74) is 1.58. The summed E-state index contributed by atoms with van der Waals surface area (Å²) in [6, 6.07) is 12.9. The second-order valence-electron chi connectivity index (χ2n) is 6.63. The van der Waals surface area contributed by atoms with Gasteiger partial charge in [0.15, 0.2) is 17.3 Å². The van der Waals surface area contributed by atoms with Crippen molar-refractivity contribution < 1.29 is 23.5 Å². The normalized spacial score (nSPS) is 18.0. The zero-order valence-electron chi connectivity index (χ0n) is 15.1. The van der Waals surface area contributed by atoms with Crippen molar-refractivity contribution in [1.29, 1.82) is 0 Å². The second-order valence-corrected chi connectivity index (χ2v) is 6.63. The van der Waals surface area contributed by atoms with Gasteiger partial charge in [-0.1, -0.05) is 5.16 Å². The molecule has 8 heteroatoms. The molecule has 1 unspecified atom stereocenters. The van der Waals surface area contributed by atoms with Crippen molar-refractivity contribution in [3.05, 3.63) is 48.3 Å². The van der Waals surface area contributed by atoms with E-state index in [2.05, 4.69) is 10.1 Å². The zero-order valence-corrected chi connectivity index (χ0v) is 15.1. The Morgan fingerprint density at radius 2 is 1.93 bits per heavy atom. The highest BCUT2D eigenvalue weighted by molar-refractivity contribution is 5.96. The summed E-state index contributed by atoms with van der Waals surface area (Å²) in [7, 11) is 1.61. The first kappa shape index (κ1) is 16.6. The van der Waals surface area contributed by atoms with Crippen LogP contribution in [-0.2, 0) is 4.79 Å². The first-order valence-electron chi connectivity index (χ1n) is 8.89. The molecule has 0 radical (unpaired) electrons. The molecule has 3 aromatic rings. The molecule has 3 heterocycles. The predicted molar refractivity (Wildman–Crippen MR) is 98.6 cm³/mol. The molecule has 1 amide bonds. The third-order valence-corrected chi connectivity index (χ3v) is 4.94. The number of amides is 1. The maximum Gasteiger partial charge on any atom is 0.258 e. The maximum atomic E-state index is 12.5. The average molecular weight is 379 g/mol. The molecule has 0 spiro atoms. The van der Waals surface area contributed by atoms with E-state index in [1.165, 1.54) is 0 Å². The quantitative estimate of drug-likeness (QED) is 0.689. The van der Waals surface area contributed by atoms with E-state index in [0.717, 1.165) is 17.0 Å². The topological polar surface area (TPSA) is 86.9 Å². The number of methoxy groups -OCH3 is 1. The SMILES string of the molecule is COc1ccc(N2CC(c3noc(-c4ccc5c(c4)OCO5)n3)CC2=O)cc1. The first-order chi connectivity index (χ1) is 13.7. The van der Waals surface area contributed by atoms with E-state index in [4.69, 9.17) is 18.7 Å². The van der Waals surface area contributed by atoms with Gasteiger partial charge in [-0.3, -0.25) is 4.79 Å². The molecule has 2 aromatic carbocycles. The van der Waals surface area contributed by atoms with Crippen molar-refractivity contribution in [2.24, 2.45) is 0 Å². The molecule has 0 aliphatic carbocycles. The zero-order chi connectivity index (χ0) is 19.1. The van der Waals surface area contributed by atoms with Gasteiger partial charge in [0.2, 0.25) is 12.7 Å². The smallest absolute Gasteiger partial charge is 0.258 e. The molecule has 28 heavy (non-hydrogen) atoms. The van der Waals surface area contributed by atoms with E-state index in [0.29, 0.717) is 36.2 Å². The third-order valence-electron chi connectivity index (χ3n) is 4.94. The molecular formula is C20H17N3O5. The summed E-state index contributed by atoms with van der Waals surface area (Å²) in [6.07, 6.45) is 0.339. The van der Waals surface area contributed by atoms with Gasteiger partial charge in [0.05, 0.1) is 7.11 Å². The highest BCUT2D eigenvalue weighted by atomic mass is 16.7. The van der Waals surface area contributed by atoms with Crippen LogP contribution in [0.4, 0.5) is 5.69 Å². The van der Waals surface area contributed by atoms with Crippen molar-refractivity contribution in [3.63, 3.8) is 0 Å². The van der Waals surface area contributed by atoms with Crippen LogP contribution in [-0.4, -0.2) is 36.5 Å². The lowest BCUT2D eigenvalue weighted by Gasteiger charge is -2.16. The standard InChI is InChI=1S/C20H17N3O5/c1-25-15-5-3-14(4-6-15)23-10-13(9-18(23)24)19-21-20(28-22-19)12-2-7-16-17(8-12)27-11-26-16/h2-8,13H,9-11H2,1H3. The summed E-state index contributed by atoms with van der Waals surface area (Å²) in [5, 5.41) is 4.10. The Kier molecular flexibility index (Phi) is 3.89. The minimum atomic E-state index is -0.124. The molecule has 1 fully saturated rings. The number of carbonyl (C=O) groups is 1. The van der Waals surface area contributed by atoms with Crippen LogP contribution in [0.1, 0.15) is 18.2 Å². The van der Waals surface area contributed by atoms with Gasteiger partial charge < -0.3 is 23.6 Å². The van der Waals surface area contributed by atoms with E-state index < -0.39 is 0 Å². The van der Waals surface area contributed by atoms with Gasteiger partial charge in [-0.25, -0.2) is 0 Å². The Hall–Kier alpha value is -3.55. The summed E-state index contributed by atoms with van der Waals surface area (Å²) >= 11 is 0. The number of hydrogen-bond donors (Lipinski definition) is 0. The Bertz CT molecular complexity index is 1030. The second kappa shape index (κ2) is 6.56. The van der Waals surface area contributed by atoms with Crippen molar-refractivity contribution >= 4 is 11.6 Å². The summed E-state index contributed by atoms with van der Waals surface area (Å²) in [6.45, 7) is 0.713. The highest BCUT2D eigenvalue weighted by Gasteiger charge is 2.34. The molecule has 2 aliphatic heterocycles. The van der Waals surface area contributed by atoms with Crippen LogP contribution < -0.4 is 19.1 Å². The van der Waals surface area contributed by atoms with Gasteiger partial charge in [-0.05, 0) is 42.5 Å². The van der Waals surface area contributed by atoms with Crippen molar-refractivity contribution in [2.45, 2.75) is 12.3 Å². The van der Waals surface area contributed by atoms with Crippen molar-refractivity contribution in [1.82, 2.24) is 10.1 Å². The molecular weight excluding hydrogens is 362 g/mol. The number of hydrogen-bond acceptors (Lipinski definition) is 7. The number of benzene rings is 2. The highest BCUT2D eigenvalue weighted by Crippen LogP contribution is 2.36. The van der Waals surface area contributed by atoms with Crippen LogP contribution in [0.3, 0.4) is 0 Å². The van der Waals surface area contributed by atoms with Crippen molar-refractivity contribution in [3.8, 4) is 28.7 Å². The number of anilines is 1. The van der Waals surface area contributed by atoms with Crippen LogP contribution in [0.15, 0.2) is 47.0 Å². The van der Waals surface area contributed by atoms with Gasteiger partial charge in [-0.15, -0.1) is 0 Å². The molecule has 8 nitrogen and oxygen atoms in total. The fourth-order valence-electron chi connectivity index (χ4n) is 3.44. The Balaban J connectivity index is 1.35. The molecule has 1 aromatic heterocycles. The lowest BCUT2D eigenvalue weighted by Crippen LogP contribution is -2.24. The molecule has 0 N–H and O–H groups in total. The number of carbonyl (C=O) groups excluding carboxylic acids is 1. The number of rotatable bonds is 4. The van der Waals surface area contributed by atoms with Crippen LogP contribution in [0.25, 0.3) is 11.5 Å². The van der Waals surface area contributed by atoms with Gasteiger partial charge in [0.1, 0.15) is 5.75 Å². The monoisotopic (exact) mass is 379 g/mol. The molecule has 0 bridgehead atoms. The lowest BCUT2D eigenvalue weighted by molar-refractivity contribution is -0.117. The summed E-state index contributed by atoms with van der Waals surface area (Å²) in [5.74, 6) is 2.92. The van der Waals surface area contributed by atoms with Gasteiger partial charge in [-0.2, -0.15) is 4.98 Å². The molecule has 2 aliphatic rings. The van der Waals surface area contributed by atoms with E-state index in [9.17, 15) is 4.79 Å². The molecule has 142 valence electrons. The van der Waals surface area contributed by atoms with Gasteiger partial charge >= 0.3 is 0 Å². The molecule has 1 atom stereocenters. The predicted octanol–water partition coefficient (Wildman–Crippen LogP) is 2.99. The van der Waals surface area contributed by atoms with Gasteiger partial charge in [0.25, 0.3) is 5.89 Å². The van der Waals surface area contributed by atoms with E-state index >= 15 is 0 Å². The maximum absolute atomic E-state index is 12.5. The minimum Gasteiger partial charge on any atom is -0.497 e. The van der Waals surface area contributed by atoms with Crippen LogP contribution in [0.2, 0.25) is 0 Å². The lowest BCUT2D eigenvalue weighted by atomic mass is 10.1. The molecule has 5 rings (SSSR count). The Morgan fingerprint density at radius 3 is 2.75 bits per heavy atom. The first-order valence-corrected chi connectivity index (χ1v) is 8.89. The third kappa shape index (κ3) is 2.83. The van der Waals surface area contributed by atoms with E-state index in [1.807, 2.05) is 42.5 Å².